The second-order valence-corrected chi connectivity index (χ2v) is 16.9. The lowest BCUT2D eigenvalue weighted by atomic mass is 10.0. The quantitative estimate of drug-likeness (QED) is 0.0461. The van der Waals surface area contributed by atoms with Gasteiger partial charge in [-0.15, -0.1) is 6.58 Å². The van der Waals surface area contributed by atoms with E-state index in [0.717, 1.165) is 10.9 Å². The summed E-state index contributed by atoms with van der Waals surface area (Å²) in [7, 11) is -8.90. The predicted molar refractivity (Wildman–Crippen MR) is 211 cm³/mol. The van der Waals surface area contributed by atoms with Crippen molar-refractivity contribution in [3.05, 3.63) is 82.9 Å². The maximum absolute atomic E-state index is 14.2. The van der Waals surface area contributed by atoms with E-state index in [4.69, 9.17) is 46.3 Å². The number of benzene rings is 1. The normalized spacial score (nSPS) is 24.3. The van der Waals surface area contributed by atoms with Crippen molar-refractivity contribution in [2.45, 2.75) is 74.7 Å². The highest BCUT2D eigenvalue weighted by molar-refractivity contribution is 7.47. The van der Waals surface area contributed by atoms with E-state index in [9.17, 15) is 43.3 Å². The van der Waals surface area contributed by atoms with Crippen LogP contribution >= 0.6 is 27.2 Å². The van der Waals surface area contributed by atoms with Gasteiger partial charge in [0.15, 0.2) is 23.8 Å². The number of nitrogens with zero attached hydrogens (tertiary/aromatic N) is 7. The summed E-state index contributed by atoms with van der Waals surface area (Å²) in [6, 6.07) is 6.58. The van der Waals surface area contributed by atoms with E-state index in [2.05, 4.69) is 31.0 Å². The molecule has 9 atom stereocenters. The number of phosphoric acid groups is 2. The molecule has 0 aliphatic carbocycles. The van der Waals surface area contributed by atoms with E-state index >= 15 is 0 Å². The molecule has 8 N–H and O–H groups in total. The van der Waals surface area contributed by atoms with E-state index in [1.807, 2.05) is 0 Å². The molecule has 0 bridgehead atoms. The zero-order valence-corrected chi connectivity index (χ0v) is 34.6. The van der Waals surface area contributed by atoms with Gasteiger partial charge in [0, 0.05) is 37.5 Å². The van der Waals surface area contributed by atoms with E-state index in [1.54, 1.807) is 30.3 Å². The number of esters is 1. The average Bonchev–Trinajstić information content (AvgIpc) is 3.89. The van der Waals surface area contributed by atoms with E-state index < -0.39 is 95.4 Å². The first-order chi connectivity index (χ1) is 28.8. The minimum atomic E-state index is -5.23. The molecule has 6 rings (SSSR count). The Morgan fingerprint density at radius 3 is 2.56 bits per heavy atom. The van der Waals surface area contributed by atoms with Crippen LogP contribution in [0.4, 0.5) is 11.6 Å². The molecule has 4 aromatic rings. The summed E-state index contributed by atoms with van der Waals surface area (Å²) in [4.78, 5) is 86.6. The van der Waals surface area contributed by atoms with Gasteiger partial charge in [-0.25, -0.2) is 33.7 Å². The molecule has 24 nitrogen and oxygen atoms in total. The molecule has 2 aliphatic heterocycles. The number of nitrogens with two attached hydrogens (primary N) is 2. The van der Waals surface area contributed by atoms with Crippen molar-refractivity contribution in [3.63, 3.8) is 0 Å². The molecule has 1 aromatic carbocycles. The highest BCUT2D eigenvalue weighted by Crippen LogP contribution is 2.50. The second kappa shape index (κ2) is 19.2. The van der Waals surface area contributed by atoms with Crippen LogP contribution in [0.25, 0.3) is 11.2 Å². The summed E-state index contributed by atoms with van der Waals surface area (Å²) in [5, 5.41) is 12.1. The molecule has 2 unspecified atom stereocenters. The number of allylic oxidation sites excluding steroid dienone is 1. The van der Waals surface area contributed by atoms with Gasteiger partial charge in [-0.3, -0.25) is 27.5 Å². The molecule has 5 heterocycles. The van der Waals surface area contributed by atoms with Crippen LogP contribution in [-0.4, -0.2) is 122 Å². The zero-order chi connectivity index (χ0) is 44.2. The molecule has 3 aromatic heterocycles. The first kappa shape index (κ1) is 45.8. The van der Waals surface area contributed by atoms with Crippen molar-refractivity contribution >= 4 is 61.9 Å². The first-order valence-electron chi connectivity index (χ1n) is 18.3. The third-order valence-corrected chi connectivity index (χ3v) is 11.4. The molecular formula is C34H42ClN9O15P2. The number of nitrogen functional groups attached to an aromatic ring is 2. The third kappa shape index (κ3) is 11.2. The van der Waals surface area contributed by atoms with E-state index in [-0.39, 0.29) is 42.1 Å². The van der Waals surface area contributed by atoms with Gasteiger partial charge in [-0.1, -0.05) is 29.8 Å². The minimum Gasteiger partial charge on any atom is -0.455 e. The Bertz CT molecular complexity index is 2400. The maximum Gasteiger partial charge on any atom is 0.472 e. The van der Waals surface area contributed by atoms with Crippen LogP contribution in [0.5, 0.6) is 0 Å². The molecule has 27 heteroatoms. The number of hydrogen-bond donors (Lipinski definition) is 6. The Kier molecular flexibility index (Phi) is 14.4. The van der Waals surface area contributed by atoms with Gasteiger partial charge in [0.2, 0.25) is 5.91 Å². The highest BCUT2D eigenvalue weighted by Gasteiger charge is 2.50. The van der Waals surface area contributed by atoms with Crippen LogP contribution in [0.15, 0.2) is 66.6 Å². The summed E-state index contributed by atoms with van der Waals surface area (Å²) >= 11 is 6.21. The minimum absolute atomic E-state index is 0.00523. The summed E-state index contributed by atoms with van der Waals surface area (Å²) < 4.78 is 60.4. The van der Waals surface area contributed by atoms with Crippen molar-refractivity contribution < 1.29 is 66.3 Å². The number of imidazole rings is 1. The average molecular weight is 914 g/mol. The van der Waals surface area contributed by atoms with Crippen molar-refractivity contribution in [1.82, 2.24) is 34.0 Å². The Balaban J connectivity index is 1.26. The number of halogens is 1. The zero-order valence-electron chi connectivity index (χ0n) is 32.1. The van der Waals surface area contributed by atoms with Gasteiger partial charge in [0.1, 0.15) is 54.3 Å². The van der Waals surface area contributed by atoms with Crippen molar-refractivity contribution in [1.29, 1.82) is 0 Å². The first-order valence-corrected chi connectivity index (χ1v) is 21.7. The van der Waals surface area contributed by atoms with Crippen LogP contribution in [0.2, 0.25) is 5.02 Å². The van der Waals surface area contributed by atoms with E-state index in [1.165, 1.54) is 35.1 Å². The number of aromatic nitrogens is 6. The molecule has 1 amide bonds. The molecule has 0 saturated carbocycles. The number of carbonyl (C=O) groups is 2. The van der Waals surface area contributed by atoms with Gasteiger partial charge >= 0.3 is 27.3 Å². The number of phosphoric ester groups is 2. The Morgan fingerprint density at radius 1 is 1.10 bits per heavy atom. The molecule has 0 spiro atoms. The van der Waals surface area contributed by atoms with Gasteiger partial charge in [0.25, 0.3) is 0 Å². The lowest BCUT2D eigenvalue weighted by Gasteiger charge is -2.30. The summed E-state index contributed by atoms with van der Waals surface area (Å²) in [5.41, 5.74) is 11.5. The van der Waals surface area contributed by atoms with Crippen LogP contribution in [-0.2, 0) is 52.9 Å². The Morgan fingerprint density at radius 2 is 1.85 bits per heavy atom. The smallest absolute Gasteiger partial charge is 0.455 e. The third-order valence-electron chi connectivity index (χ3n) is 9.66. The number of aliphatic hydroxyl groups is 1. The van der Waals surface area contributed by atoms with Crippen molar-refractivity contribution in [2.24, 2.45) is 0 Å². The number of anilines is 2. The van der Waals surface area contributed by atoms with Gasteiger partial charge in [-0.2, -0.15) is 4.98 Å². The fourth-order valence-electron chi connectivity index (χ4n) is 6.66. The second-order valence-electron chi connectivity index (χ2n) is 13.8. The van der Waals surface area contributed by atoms with Crippen molar-refractivity contribution in [3.8, 4) is 0 Å². The van der Waals surface area contributed by atoms with Crippen LogP contribution < -0.4 is 17.2 Å². The summed E-state index contributed by atoms with van der Waals surface area (Å²) in [6.07, 6.45) is -5.42. The fraction of sp³-hybridized carbons (Fsp3) is 0.441. The van der Waals surface area contributed by atoms with Crippen LogP contribution in [0, 0.1) is 0 Å². The summed E-state index contributed by atoms with van der Waals surface area (Å²) in [6.45, 7) is 1.89. The number of rotatable bonds is 18. The lowest BCUT2D eigenvalue weighted by molar-refractivity contribution is -0.165. The predicted octanol–water partition coefficient (Wildman–Crippen LogP) is 1.01. The number of fused-ring (bicyclic) bond motifs is 1. The Labute approximate surface area is 350 Å². The largest absolute Gasteiger partial charge is 0.472 e. The van der Waals surface area contributed by atoms with Gasteiger partial charge in [-0.05, 0) is 30.2 Å². The standard InChI is InChI=1S/C34H42ClN9O15P2/c1-3-4-8-25(45)42(2)20(12-18-6-5-7-19(35)11-18)33(47)58-29-23(57-32(28(29)46)44-17-40-27-30(37)38-16-39-31(27)44)15-55-61(52,53)59-21-13-26(43-10-9-24(36)41-34(43)48)56-22(21)14-54-60(49,50)51/h3,5-7,9-11,16-17,20-23,26,28-29,32,46H,1,4,8,12-15H2,2H3,(H,52,53)(H2,36,41,48)(H2,37,38,39)(H2,49,50,51)/t20?,21-,22+,23+,26+,28+,29+,32+/m0/s1. The highest BCUT2D eigenvalue weighted by atomic mass is 35.5. The number of carbonyl (C=O) groups excluding carboxylic acids is 2. The van der Waals surface area contributed by atoms with Crippen molar-refractivity contribution in [2.75, 3.05) is 31.7 Å². The Hall–Kier alpha value is -4.68. The number of likely N-dealkylation sites (N-methyl/N-ethyl adjacent to an activating group) is 1. The molecule has 2 fully saturated rings. The lowest BCUT2D eigenvalue weighted by Crippen LogP contribution is -2.48. The fourth-order valence-corrected chi connectivity index (χ4v) is 8.17. The molecule has 2 saturated heterocycles. The molecule has 61 heavy (non-hydrogen) atoms. The topological polar surface area (TPSA) is 338 Å². The molecule has 330 valence electrons. The van der Waals surface area contributed by atoms with Gasteiger partial charge in [0.05, 0.1) is 19.5 Å². The number of aliphatic hydroxyl groups excluding tert-OH is 1. The SMILES string of the molecule is C=CCCC(=O)N(C)C(Cc1cccc(Cl)c1)C(=O)O[C@H]1[C@@H](O)[C@H](n2cnc3c(N)ncnc32)O[C@@H]1COP(=O)(O)O[C@H]1C[C@H](n2ccc(N)nc2=O)O[C@@H]1COP(=O)(O)O. The maximum atomic E-state index is 14.2. The number of hydrogen-bond acceptors (Lipinski definition) is 18. The molecule has 0 radical (unpaired) electrons. The number of amides is 1. The summed E-state index contributed by atoms with van der Waals surface area (Å²) in [5.74, 6) is -1.52. The van der Waals surface area contributed by atoms with E-state index in [0.29, 0.717) is 17.0 Å². The number of ether oxygens (including phenoxy) is 3. The molecular weight excluding hydrogens is 872 g/mol. The monoisotopic (exact) mass is 913 g/mol. The van der Waals surface area contributed by atoms with Crippen LogP contribution in [0.3, 0.4) is 0 Å². The van der Waals surface area contributed by atoms with Crippen LogP contribution in [0.1, 0.15) is 37.3 Å². The molecule has 2 aliphatic rings. The van der Waals surface area contributed by atoms with Gasteiger partial charge < -0.3 is 50.4 Å².